The first-order chi connectivity index (χ1) is 9.25. The molecule has 0 aliphatic heterocycles. The highest BCUT2D eigenvalue weighted by Crippen LogP contribution is 2.31. The molecule has 19 heavy (non-hydrogen) atoms. The molecule has 1 aromatic heterocycles. The van der Waals surface area contributed by atoms with E-state index in [4.69, 9.17) is 5.73 Å². The molecule has 1 heterocycles. The highest BCUT2D eigenvalue weighted by Gasteiger charge is 2.08. The number of nitrogens with two attached hydrogens (primary N) is 1. The first-order valence-electron chi connectivity index (χ1n) is 5.94. The molecule has 3 aromatic rings. The number of amides is 1. The summed E-state index contributed by atoms with van der Waals surface area (Å²) in [5, 5.41) is 4.20. The van der Waals surface area contributed by atoms with E-state index in [9.17, 15) is 4.79 Å². The van der Waals surface area contributed by atoms with E-state index < -0.39 is 0 Å². The van der Waals surface area contributed by atoms with Gasteiger partial charge in [-0.25, -0.2) is 4.98 Å². The highest BCUT2D eigenvalue weighted by molar-refractivity contribution is 8.00. The van der Waals surface area contributed by atoms with Crippen LogP contribution < -0.4 is 5.73 Å². The van der Waals surface area contributed by atoms with Crippen molar-refractivity contribution < 1.29 is 4.79 Å². The molecule has 3 rings (SSSR count). The van der Waals surface area contributed by atoms with E-state index in [1.165, 1.54) is 11.8 Å². The standard InChI is InChI=1S/C15H12N2OS/c16-14(18)9-19-15-12-7-2-1-5-10(12)11-6-3-4-8-13(11)17-15/h1-8H,9H2,(H2,16,18). The normalized spacial score (nSPS) is 10.9. The van der Waals surface area contributed by atoms with Crippen LogP contribution in [0.25, 0.3) is 21.7 Å². The van der Waals surface area contributed by atoms with Gasteiger partial charge in [-0.2, -0.15) is 0 Å². The summed E-state index contributed by atoms with van der Waals surface area (Å²) in [7, 11) is 0. The minimum absolute atomic E-state index is 0.245. The lowest BCUT2D eigenvalue weighted by Crippen LogP contribution is -2.13. The van der Waals surface area contributed by atoms with E-state index in [0.717, 1.165) is 26.7 Å². The van der Waals surface area contributed by atoms with Crippen molar-refractivity contribution in [3.63, 3.8) is 0 Å². The van der Waals surface area contributed by atoms with Crippen LogP contribution in [-0.4, -0.2) is 16.6 Å². The Bertz CT molecular complexity index is 770. The van der Waals surface area contributed by atoms with Crippen LogP contribution in [0.1, 0.15) is 0 Å². The molecule has 0 aliphatic rings. The topological polar surface area (TPSA) is 56.0 Å². The molecule has 3 nitrogen and oxygen atoms in total. The van der Waals surface area contributed by atoms with Gasteiger partial charge in [-0.1, -0.05) is 54.2 Å². The smallest absolute Gasteiger partial charge is 0.227 e. The predicted octanol–water partition coefficient (Wildman–Crippen LogP) is 2.97. The van der Waals surface area contributed by atoms with Crippen LogP contribution in [0.2, 0.25) is 0 Å². The number of hydrogen-bond donors (Lipinski definition) is 1. The van der Waals surface area contributed by atoms with Crippen LogP contribution in [0.4, 0.5) is 0 Å². The fraction of sp³-hybridized carbons (Fsp3) is 0.0667. The maximum Gasteiger partial charge on any atom is 0.227 e. The van der Waals surface area contributed by atoms with Crippen molar-refractivity contribution in [2.45, 2.75) is 5.03 Å². The number of carbonyl (C=O) groups excluding carboxylic acids is 1. The summed E-state index contributed by atoms with van der Waals surface area (Å²) in [6, 6.07) is 16.1. The number of carbonyl (C=O) groups is 1. The Kier molecular flexibility index (Phi) is 3.09. The van der Waals surface area contributed by atoms with Crippen LogP contribution in [0, 0.1) is 0 Å². The molecule has 2 aromatic carbocycles. The summed E-state index contributed by atoms with van der Waals surface area (Å²) in [5.74, 6) is -0.0842. The zero-order valence-corrected chi connectivity index (χ0v) is 11.0. The van der Waals surface area contributed by atoms with Crippen molar-refractivity contribution in [1.82, 2.24) is 4.98 Å². The fourth-order valence-electron chi connectivity index (χ4n) is 2.12. The lowest BCUT2D eigenvalue weighted by molar-refractivity contribution is -0.115. The van der Waals surface area contributed by atoms with Gasteiger partial charge in [-0.05, 0) is 11.5 Å². The molecule has 2 N–H and O–H groups in total. The molecule has 4 heteroatoms. The van der Waals surface area contributed by atoms with Gasteiger partial charge in [0.15, 0.2) is 0 Å². The molecule has 0 bridgehead atoms. The Morgan fingerprint density at radius 3 is 2.37 bits per heavy atom. The predicted molar refractivity (Wildman–Crippen MR) is 79.2 cm³/mol. The second kappa shape index (κ2) is 4.90. The summed E-state index contributed by atoms with van der Waals surface area (Å²) in [5.41, 5.74) is 6.15. The van der Waals surface area contributed by atoms with Crippen molar-refractivity contribution in [3.05, 3.63) is 48.5 Å². The van der Waals surface area contributed by atoms with Crippen molar-refractivity contribution in [3.8, 4) is 0 Å². The molecule has 1 amide bonds. The summed E-state index contributed by atoms with van der Waals surface area (Å²) in [6.07, 6.45) is 0. The number of primary amides is 1. The van der Waals surface area contributed by atoms with Gasteiger partial charge in [-0.3, -0.25) is 4.79 Å². The number of pyridine rings is 1. The van der Waals surface area contributed by atoms with Gasteiger partial charge in [0.2, 0.25) is 5.91 Å². The van der Waals surface area contributed by atoms with E-state index >= 15 is 0 Å². The molecular weight excluding hydrogens is 256 g/mol. The van der Waals surface area contributed by atoms with Crippen LogP contribution >= 0.6 is 11.8 Å². The second-order valence-corrected chi connectivity index (χ2v) is 5.20. The maximum absolute atomic E-state index is 10.9. The van der Waals surface area contributed by atoms with Gasteiger partial charge in [0.05, 0.1) is 11.3 Å². The average Bonchev–Trinajstić information content (AvgIpc) is 2.44. The molecule has 0 fully saturated rings. The molecule has 0 saturated carbocycles. The second-order valence-electron chi connectivity index (χ2n) is 4.23. The number of thioether (sulfide) groups is 1. The third-order valence-corrected chi connectivity index (χ3v) is 3.94. The minimum atomic E-state index is -0.330. The molecule has 0 unspecified atom stereocenters. The zero-order valence-electron chi connectivity index (χ0n) is 10.2. The number of benzene rings is 2. The maximum atomic E-state index is 10.9. The average molecular weight is 268 g/mol. The quantitative estimate of drug-likeness (QED) is 0.587. The van der Waals surface area contributed by atoms with Gasteiger partial charge >= 0.3 is 0 Å². The Hall–Kier alpha value is -2.07. The highest BCUT2D eigenvalue weighted by atomic mass is 32.2. The van der Waals surface area contributed by atoms with E-state index in [1.54, 1.807) is 0 Å². The Balaban J connectivity index is 2.26. The fourth-order valence-corrected chi connectivity index (χ4v) is 2.90. The minimum Gasteiger partial charge on any atom is -0.369 e. The SMILES string of the molecule is NC(=O)CSc1nc2ccccc2c2ccccc12. The van der Waals surface area contributed by atoms with Gasteiger partial charge in [0.25, 0.3) is 0 Å². The number of hydrogen-bond acceptors (Lipinski definition) is 3. The molecule has 0 atom stereocenters. The monoisotopic (exact) mass is 268 g/mol. The van der Waals surface area contributed by atoms with E-state index in [2.05, 4.69) is 17.1 Å². The first-order valence-corrected chi connectivity index (χ1v) is 6.93. The summed E-state index contributed by atoms with van der Waals surface area (Å²) < 4.78 is 0. The van der Waals surface area contributed by atoms with E-state index in [0.29, 0.717) is 0 Å². The number of nitrogens with zero attached hydrogens (tertiary/aromatic N) is 1. The summed E-state index contributed by atoms with van der Waals surface area (Å²) in [4.78, 5) is 15.6. The molecular formula is C15H12N2OS. The van der Waals surface area contributed by atoms with Crippen molar-refractivity contribution in [1.29, 1.82) is 0 Å². The summed E-state index contributed by atoms with van der Waals surface area (Å²) >= 11 is 1.39. The van der Waals surface area contributed by atoms with E-state index in [1.807, 2.05) is 36.4 Å². The zero-order chi connectivity index (χ0) is 13.2. The molecule has 0 radical (unpaired) electrons. The Morgan fingerprint density at radius 1 is 1.00 bits per heavy atom. The van der Waals surface area contributed by atoms with Gasteiger partial charge in [0.1, 0.15) is 5.03 Å². The molecule has 0 saturated heterocycles. The molecule has 0 aliphatic carbocycles. The molecule has 94 valence electrons. The number of rotatable bonds is 3. The third kappa shape index (κ3) is 2.27. The van der Waals surface area contributed by atoms with Crippen LogP contribution in [0.15, 0.2) is 53.6 Å². The van der Waals surface area contributed by atoms with Crippen LogP contribution in [0.5, 0.6) is 0 Å². The lowest BCUT2D eigenvalue weighted by atomic mass is 10.1. The van der Waals surface area contributed by atoms with Gasteiger partial charge < -0.3 is 5.73 Å². The molecule has 0 spiro atoms. The first kappa shape index (κ1) is 12.0. The number of fused-ring (bicyclic) bond motifs is 3. The summed E-state index contributed by atoms with van der Waals surface area (Å²) in [6.45, 7) is 0. The number of para-hydroxylation sites is 1. The number of aromatic nitrogens is 1. The lowest BCUT2D eigenvalue weighted by Gasteiger charge is -2.08. The van der Waals surface area contributed by atoms with Crippen molar-refractivity contribution >= 4 is 39.3 Å². The van der Waals surface area contributed by atoms with Gasteiger partial charge in [0, 0.05) is 10.8 Å². The third-order valence-electron chi connectivity index (χ3n) is 2.92. The van der Waals surface area contributed by atoms with Crippen LogP contribution in [0.3, 0.4) is 0 Å². The Labute approximate surface area is 114 Å². The van der Waals surface area contributed by atoms with Gasteiger partial charge in [-0.15, -0.1) is 0 Å². The Morgan fingerprint density at radius 2 is 1.63 bits per heavy atom. The largest absolute Gasteiger partial charge is 0.369 e. The van der Waals surface area contributed by atoms with E-state index in [-0.39, 0.29) is 11.7 Å². The van der Waals surface area contributed by atoms with Crippen LogP contribution in [-0.2, 0) is 4.79 Å². The van der Waals surface area contributed by atoms with Crippen molar-refractivity contribution in [2.24, 2.45) is 5.73 Å². The van der Waals surface area contributed by atoms with Crippen molar-refractivity contribution in [2.75, 3.05) is 5.75 Å².